The molecule has 1 saturated heterocycles. The molecule has 1 N–H and O–H groups in total. The minimum Gasteiger partial charge on any atom is -0.493 e. The Kier molecular flexibility index (Phi) is 9.42. The van der Waals surface area contributed by atoms with Gasteiger partial charge >= 0.3 is 5.97 Å². The zero-order chi connectivity index (χ0) is 27.2. The molecule has 206 valence electrons. The van der Waals surface area contributed by atoms with Gasteiger partial charge in [-0.2, -0.15) is 0 Å². The second-order valence-electron chi connectivity index (χ2n) is 10.6. The van der Waals surface area contributed by atoms with E-state index in [-0.39, 0.29) is 24.2 Å². The van der Waals surface area contributed by atoms with Crippen molar-refractivity contribution in [1.82, 2.24) is 9.80 Å². The minimum atomic E-state index is -0.930. The maximum Gasteiger partial charge on any atom is 0.309 e. The molecule has 6 nitrogen and oxygen atoms in total. The van der Waals surface area contributed by atoms with Gasteiger partial charge in [0.25, 0.3) is 0 Å². The zero-order valence-corrected chi connectivity index (χ0v) is 22.9. The number of unbranched alkanes of at least 4 members (excludes halogenated alkanes) is 2. The summed E-state index contributed by atoms with van der Waals surface area (Å²) in [7, 11) is 0. The van der Waals surface area contributed by atoms with Crippen LogP contribution in [0.1, 0.15) is 80.7 Å². The Morgan fingerprint density at radius 3 is 2.39 bits per heavy atom. The number of carbonyl (C=O) groups is 2. The highest BCUT2D eigenvalue weighted by molar-refractivity contribution is 5.79. The summed E-state index contributed by atoms with van der Waals surface area (Å²) in [5, 5.41) is 10.5. The summed E-state index contributed by atoms with van der Waals surface area (Å²) in [5.74, 6) is -1.54. The van der Waals surface area contributed by atoms with E-state index < -0.39 is 17.9 Å². The van der Waals surface area contributed by atoms with Crippen LogP contribution in [0.25, 0.3) is 0 Å². The maximum atomic E-state index is 14.9. The molecule has 0 aromatic heterocycles. The predicted octanol–water partition coefficient (Wildman–Crippen LogP) is 5.59. The molecule has 38 heavy (non-hydrogen) atoms. The van der Waals surface area contributed by atoms with Crippen LogP contribution in [-0.4, -0.2) is 59.6 Å². The molecule has 0 aliphatic carbocycles. The van der Waals surface area contributed by atoms with Crippen molar-refractivity contribution in [3.63, 3.8) is 0 Å². The fourth-order valence-electron chi connectivity index (χ4n) is 5.93. The van der Waals surface area contributed by atoms with E-state index in [0.29, 0.717) is 43.8 Å². The van der Waals surface area contributed by atoms with Crippen LogP contribution < -0.4 is 4.74 Å². The maximum absolute atomic E-state index is 14.9. The van der Waals surface area contributed by atoms with Crippen LogP contribution in [0.3, 0.4) is 0 Å². The van der Waals surface area contributed by atoms with E-state index >= 15 is 0 Å². The normalized spacial score (nSPS) is 20.8. The van der Waals surface area contributed by atoms with Gasteiger partial charge in [-0.25, -0.2) is 4.39 Å². The molecule has 3 unspecified atom stereocenters. The summed E-state index contributed by atoms with van der Waals surface area (Å²) >= 11 is 0. The van der Waals surface area contributed by atoms with Gasteiger partial charge in [-0.3, -0.25) is 14.5 Å². The molecule has 0 radical (unpaired) electrons. The van der Waals surface area contributed by atoms with E-state index in [1.54, 1.807) is 6.07 Å². The van der Waals surface area contributed by atoms with Gasteiger partial charge in [0.15, 0.2) is 0 Å². The summed E-state index contributed by atoms with van der Waals surface area (Å²) < 4.78 is 20.6. The van der Waals surface area contributed by atoms with Gasteiger partial charge in [0, 0.05) is 38.0 Å². The van der Waals surface area contributed by atoms with Crippen molar-refractivity contribution in [3.8, 4) is 5.75 Å². The number of amides is 1. The lowest BCUT2D eigenvalue weighted by Crippen LogP contribution is -2.42. The molecule has 1 amide bonds. The number of carboxylic acids is 1. The van der Waals surface area contributed by atoms with Gasteiger partial charge in [0.05, 0.1) is 19.1 Å². The number of hydrogen-bond donors (Lipinski definition) is 1. The lowest BCUT2D eigenvalue weighted by molar-refractivity contribution is -0.144. The largest absolute Gasteiger partial charge is 0.493 e. The second-order valence-corrected chi connectivity index (χ2v) is 10.6. The quantitative estimate of drug-likeness (QED) is 0.392. The van der Waals surface area contributed by atoms with Crippen LogP contribution in [0.5, 0.6) is 5.75 Å². The summed E-state index contributed by atoms with van der Waals surface area (Å²) in [4.78, 5) is 30.3. The summed E-state index contributed by atoms with van der Waals surface area (Å²) in [6.45, 7) is 8.67. The number of rotatable bonds is 12. The van der Waals surface area contributed by atoms with Crippen molar-refractivity contribution >= 4 is 11.9 Å². The number of hydrogen-bond acceptors (Lipinski definition) is 4. The van der Waals surface area contributed by atoms with E-state index in [2.05, 4.69) is 19.9 Å². The fourth-order valence-corrected chi connectivity index (χ4v) is 5.93. The summed E-state index contributed by atoms with van der Waals surface area (Å²) in [5.41, 5.74) is 3.23. The van der Waals surface area contributed by atoms with E-state index in [9.17, 15) is 19.1 Å². The molecule has 0 saturated carbocycles. The van der Waals surface area contributed by atoms with Crippen LogP contribution in [0, 0.1) is 11.7 Å². The standard InChI is InChI=1S/C31H41FN2O4/c1-4-7-14-33(15-8-5-2)28(35)20-34-19-25(22-11-12-27-23(17-22)13-16-38-27)29(31(36)37)30(34)24-10-9-21(6-3)26(32)18-24/h9-12,17-18,25,29-30H,4-8,13-16,19-20H2,1-3H3,(H,36,37). The molecule has 2 aromatic rings. The number of nitrogens with zero attached hydrogens (tertiary/aromatic N) is 2. The first kappa shape index (κ1) is 28.1. The highest BCUT2D eigenvalue weighted by Crippen LogP contribution is 2.47. The smallest absolute Gasteiger partial charge is 0.309 e. The zero-order valence-electron chi connectivity index (χ0n) is 22.9. The highest BCUT2D eigenvalue weighted by Gasteiger charge is 2.48. The molecule has 1 fully saturated rings. The Hall–Kier alpha value is -2.93. The molecule has 2 heterocycles. The molecule has 2 aliphatic heterocycles. The summed E-state index contributed by atoms with van der Waals surface area (Å²) in [6, 6.07) is 10.4. The molecule has 4 rings (SSSR count). The number of aryl methyl sites for hydroxylation is 1. The molecule has 0 bridgehead atoms. The Bertz CT molecular complexity index is 1130. The van der Waals surface area contributed by atoms with E-state index in [1.807, 2.05) is 34.9 Å². The fraction of sp³-hybridized carbons (Fsp3) is 0.548. The van der Waals surface area contributed by atoms with E-state index in [1.165, 1.54) is 6.07 Å². The number of fused-ring (bicyclic) bond motifs is 1. The number of ether oxygens (including phenoxy) is 1. The van der Waals surface area contributed by atoms with Crippen LogP contribution in [0.2, 0.25) is 0 Å². The van der Waals surface area contributed by atoms with Gasteiger partial charge in [-0.05, 0) is 53.6 Å². The average Bonchev–Trinajstić information content (AvgIpc) is 3.53. The first-order valence-corrected chi connectivity index (χ1v) is 14.2. The van der Waals surface area contributed by atoms with Crippen molar-refractivity contribution in [3.05, 3.63) is 64.5 Å². The van der Waals surface area contributed by atoms with Crippen molar-refractivity contribution in [1.29, 1.82) is 0 Å². The van der Waals surface area contributed by atoms with E-state index in [4.69, 9.17) is 4.74 Å². The third-order valence-electron chi connectivity index (χ3n) is 8.08. The van der Waals surface area contributed by atoms with Crippen molar-refractivity contribution < 1.29 is 23.8 Å². The van der Waals surface area contributed by atoms with Gasteiger partial charge < -0.3 is 14.7 Å². The van der Waals surface area contributed by atoms with Gasteiger partial charge in [-0.1, -0.05) is 57.9 Å². The lowest BCUT2D eigenvalue weighted by Gasteiger charge is -2.30. The molecular formula is C31H41FN2O4. The Morgan fingerprint density at radius 2 is 1.76 bits per heavy atom. The Morgan fingerprint density at radius 1 is 1.05 bits per heavy atom. The monoisotopic (exact) mass is 524 g/mol. The number of aliphatic carboxylic acids is 1. The Balaban J connectivity index is 1.70. The molecule has 2 aliphatic rings. The van der Waals surface area contributed by atoms with Gasteiger partial charge in [0.1, 0.15) is 11.6 Å². The number of carboxylic acid groups (broad SMARTS) is 1. The molecule has 7 heteroatoms. The number of halogens is 1. The SMILES string of the molecule is CCCCN(CCCC)C(=O)CN1CC(c2ccc3c(c2)CCO3)C(C(=O)O)C1c1ccc(CC)c(F)c1. The van der Waals surface area contributed by atoms with Gasteiger partial charge in [-0.15, -0.1) is 0 Å². The third kappa shape index (κ3) is 6.04. The Labute approximate surface area is 225 Å². The summed E-state index contributed by atoms with van der Waals surface area (Å²) in [6.07, 6.45) is 5.21. The number of carbonyl (C=O) groups excluding carboxylic acids is 1. The van der Waals surface area contributed by atoms with Crippen LogP contribution in [-0.2, 0) is 22.4 Å². The van der Waals surface area contributed by atoms with Crippen molar-refractivity contribution in [2.24, 2.45) is 5.92 Å². The number of benzene rings is 2. The first-order chi connectivity index (χ1) is 18.4. The first-order valence-electron chi connectivity index (χ1n) is 14.2. The molecule has 3 atom stereocenters. The molecule has 2 aromatic carbocycles. The van der Waals surface area contributed by atoms with Crippen molar-refractivity contribution in [2.45, 2.75) is 71.3 Å². The van der Waals surface area contributed by atoms with Crippen molar-refractivity contribution in [2.75, 3.05) is 32.8 Å². The highest BCUT2D eigenvalue weighted by atomic mass is 19.1. The van der Waals surface area contributed by atoms with Gasteiger partial charge in [0.2, 0.25) is 5.91 Å². The lowest BCUT2D eigenvalue weighted by atomic mass is 9.82. The van der Waals surface area contributed by atoms with E-state index in [0.717, 1.165) is 49.0 Å². The van der Waals surface area contributed by atoms with Crippen LogP contribution in [0.15, 0.2) is 36.4 Å². The topological polar surface area (TPSA) is 70.1 Å². The van der Waals surface area contributed by atoms with Crippen LogP contribution in [0.4, 0.5) is 4.39 Å². The predicted molar refractivity (Wildman–Crippen MR) is 146 cm³/mol. The minimum absolute atomic E-state index is 0.00897. The third-order valence-corrected chi connectivity index (χ3v) is 8.08. The second kappa shape index (κ2) is 12.7. The number of likely N-dealkylation sites (tertiary alicyclic amines) is 1. The van der Waals surface area contributed by atoms with Crippen LogP contribution >= 0.6 is 0 Å². The molecule has 0 spiro atoms. The average molecular weight is 525 g/mol. The molecular weight excluding hydrogens is 483 g/mol.